The second kappa shape index (κ2) is 3.33. The summed E-state index contributed by atoms with van der Waals surface area (Å²) in [5, 5.41) is 0. The van der Waals surface area contributed by atoms with Crippen LogP contribution in [0.1, 0.15) is 25.3 Å². The van der Waals surface area contributed by atoms with E-state index in [1.807, 2.05) is 0 Å². The molecule has 1 aromatic carbocycles. The molecule has 0 radical (unpaired) electrons. The summed E-state index contributed by atoms with van der Waals surface area (Å²) < 4.78 is 18.8. The van der Waals surface area contributed by atoms with E-state index < -0.39 is 5.41 Å². The molecule has 15 heavy (non-hydrogen) atoms. The standard InChI is InChI=1S/C12H13FO2/c1-8(14)12(6-7-12)11-9(13)4-3-5-10(11)15-2/h3-5H,6-7H2,1-2H3. The topological polar surface area (TPSA) is 26.3 Å². The van der Waals surface area contributed by atoms with Crippen LogP contribution in [0.3, 0.4) is 0 Å². The molecule has 1 saturated carbocycles. The van der Waals surface area contributed by atoms with Gasteiger partial charge in [0.15, 0.2) is 0 Å². The molecule has 2 nitrogen and oxygen atoms in total. The molecule has 0 unspecified atom stereocenters. The summed E-state index contributed by atoms with van der Waals surface area (Å²) >= 11 is 0. The van der Waals surface area contributed by atoms with Gasteiger partial charge in [-0.05, 0) is 31.9 Å². The zero-order chi connectivity index (χ0) is 11.1. The second-order valence-corrected chi connectivity index (χ2v) is 3.96. The SMILES string of the molecule is COc1cccc(F)c1C1(C(C)=O)CC1. The molecule has 0 aliphatic heterocycles. The summed E-state index contributed by atoms with van der Waals surface area (Å²) in [5.41, 5.74) is -0.184. The summed E-state index contributed by atoms with van der Waals surface area (Å²) in [5.74, 6) is 0.149. The molecule has 0 N–H and O–H groups in total. The number of halogens is 1. The molecule has 2 rings (SSSR count). The number of benzene rings is 1. The minimum Gasteiger partial charge on any atom is -0.496 e. The molecule has 0 amide bonds. The molecular weight excluding hydrogens is 195 g/mol. The maximum Gasteiger partial charge on any atom is 0.140 e. The van der Waals surface area contributed by atoms with Gasteiger partial charge in [-0.3, -0.25) is 4.79 Å². The third-order valence-corrected chi connectivity index (χ3v) is 3.10. The minimum atomic E-state index is -0.614. The molecule has 0 bridgehead atoms. The van der Waals surface area contributed by atoms with Gasteiger partial charge in [-0.2, -0.15) is 0 Å². The third kappa shape index (κ3) is 1.42. The highest BCUT2D eigenvalue weighted by molar-refractivity contribution is 5.92. The summed E-state index contributed by atoms with van der Waals surface area (Å²) in [7, 11) is 1.49. The van der Waals surface area contributed by atoms with E-state index in [2.05, 4.69) is 0 Å². The summed E-state index contributed by atoms with van der Waals surface area (Å²) in [6.07, 6.45) is 1.44. The predicted molar refractivity (Wildman–Crippen MR) is 54.5 cm³/mol. The van der Waals surface area contributed by atoms with Crippen LogP contribution in [0.15, 0.2) is 18.2 Å². The van der Waals surface area contributed by atoms with Crippen LogP contribution in [-0.4, -0.2) is 12.9 Å². The van der Waals surface area contributed by atoms with Crippen LogP contribution in [0.25, 0.3) is 0 Å². The third-order valence-electron chi connectivity index (χ3n) is 3.10. The zero-order valence-electron chi connectivity index (χ0n) is 8.84. The molecule has 0 saturated heterocycles. The van der Waals surface area contributed by atoms with Crippen molar-refractivity contribution in [3.8, 4) is 5.75 Å². The first kappa shape index (κ1) is 10.1. The van der Waals surface area contributed by atoms with Gasteiger partial charge in [0.2, 0.25) is 0 Å². The minimum absolute atomic E-state index is 0.0194. The molecule has 1 fully saturated rings. The lowest BCUT2D eigenvalue weighted by Gasteiger charge is -2.16. The van der Waals surface area contributed by atoms with Crippen LogP contribution in [0, 0.1) is 5.82 Å². The van der Waals surface area contributed by atoms with Crippen molar-refractivity contribution in [2.75, 3.05) is 7.11 Å². The van der Waals surface area contributed by atoms with Crippen molar-refractivity contribution in [2.24, 2.45) is 0 Å². The van der Waals surface area contributed by atoms with Gasteiger partial charge in [-0.1, -0.05) is 6.07 Å². The van der Waals surface area contributed by atoms with Crippen molar-refractivity contribution >= 4 is 5.78 Å². The molecule has 0 heterocycles. The molecule has 1 aliphatic rings. The smallest absolute Gasteiger partial charge is 0.140 e. The molecule has 1 aromatic rings. The average Bonchev–Trinajstić information content (AvgIpc) is 2.98. The van der Waals surface area contributed by atoms with E-state index in [0.717, 1.165) is 12.8 Å². The summed E-state index contributed by atoms with van der Waals surface area (Å²) in [4.78, 5) is 11.5. The molecular formula is C12H13FO2. The monoisotopic (exact) mass is 208 g/mol. The fourth-order valence-corrected chi connectivity index (χ4v) is 2.04. The van der Waals surface area contributed by atoms with Crippen LogP contribution in [-0.2, 0) is 10.2 Å². The first-order valence-corrected chi connectivity index (χ1v) is 4.96. The van der Waals surface area contributed by atoms with E-state index >= 15 is 0 Å². The number of hydrogen-bond donors (Lipinski definition) is 0. The van der Waals surface area contributed by atoms with Crippen molar-refractivity contribution in [3.05, 3.63) is 29.6 Å². The Balaban J connectivity index is 2.56. The first-order valence-electron chi connectivity index (χ1n) is 4.96. The number of ketones is 1. The predicted octanol–water partition coefficient (Wildman–Crippen LogP) is 2.45. The lowest BCUT2D eigenvalue weighted by Crippen LogP contribution is -2.19. The van der Waals surface area contributed by atoms with E-state index in [9.17, 15) is 9.18 Å². The highest BCUT2D eigenvalue weighted by Gasteiger charge is 2.52. The molecule has 1 aliphatic carbocycles. The van der Waals surface area contributed by atoms with E-state index in [1.54, 1.807) is 12.1 Å². The van der Waals surface area contributed by atoms with Gasteiger partial charge in [-0.15, -0.1) is 0 Å². The Morgan fingerprint density at radius 2 is 2.13 bits per heavy atom. The molecule has 0 spiro atoms. The van der Waals surface area contributed by atoms with Crippen molar-refractivity contribution in [1.29, 1.82) is 0 Å². The number of methoxy groups -OCH3 is 1. The first-order chi connectivity index (χ1) is 7.12. The number of hydrogen-bond acceptors (Lipinski definition) is 2. The van der Waals surface area contributed by atoms with E-state index in [-0.39, 0.29) is 11.6 Å². The summed E-state index contributed by atoms with van der Waals surface area (Å²) in [6.45, 7) is 1.51. The Kier molecular flexibility index (Phi) is 2.25. The normalized spacial score (nSPS) is 17.3. The van der Waals surface area contributed by atoms with Gasteiger partial charge >= 0.3 is 0 Å². The van der Waals surface area contributed by atoms with Crippen molar-refractivity contribution in [3.63, 3.8) is 0 Å². The Hall–Kier alpha value is -1.38. The van der Waals surface area contributed by atoms with Gasteiger partial charge in [0.25, 0.3) is 0 Å². The molecule has 80 valence electrons. The van der Waals surface area contributed by atoms with E-state index in [1.165, 1.54) is 20.1 Å². The number of ether oxygens (including phenoxy) is 1. The maximum absolute atomic E-state index is 13.7. The van der Waals surface area contributed by atoms with E-state index in [0.29, 0.717) is 11.3 Å². The Bertz CT molecular complexity index is 408. The molecule has 0 aromatic heterocycles. The quantitative estimate of drug-likeness (QED) is 0.762. The second-order valence-electron chi connectivity index (χ2n) is 3.96. The fraction of sp³-hybridized carbons (Fsp3) is 0.417. The number of carbonyl (C=O) groups excluding carboxylic acids is 1. The van der Waals surface area contributed by atoms with Crippen LogP contribution in [0.2, 0.25) is 0 Å². The van der Waals surface area contributed by atoms with Crippen molar-refractivity contribution in [1.82, 2.24) is 0 Å². The highest BCUT2D eigenvalue weighted by Crippen LogP contribution is 2.52. The lowest BCUT2D eigenvalue weighted by molar-refractivity contribution is -0.119. The number of Topliss-reactive ketones (excluding diaryl/α,β-unsaturated/α-hetero) is 1. The van der Waals surface area contributed by atoms with Crippen LogP contribution >= 0.6 is 0 Å². The highest BCUT2D eigenvalue weighted by atomic mass is 19.1. The number of rotatable bonds is 3. The molecule has 0 atom stereocenters. The van der Waals surface area contributed by atoms with Gasteiger partial charge in [0.05, 0.1) is 12.5 Å². The summed E-state index contributed by atoms with van der Waals surface area (Å²) in [6, 6.07) is 4.66. The zero-order valence-corrected chi connectivity index (χ0v) is 8.84. The Labute approximate surface area is 88.1 Å². The molecule has 3 heteroatoms. The van der Waals surface area contributed by atoms with E-state index in [4.69, 9.17) is 4.74 Å². The van der Waals surface area contributed by atoms with Gasteiger partial charge < -0.3 is 4.74 Å². The lowest BCUT2D eigenvalue weighted by atomic mass is 9.91. The van der Waals surface area contributed by atoms with Gasteiger partial charge in [-0.25, -0.2) is 4.39 Å². The number of carbonyl (C=O) groups is 1. The Morgan fingerprint density at radius 1 is 1.47 bits per heavy atom. The maximum atomic E-state index is 13.7. The van der Waals surface area contributed by atoms with Crippen LogP contribution in [0.5, 0.6) is 5.75 Å². The fourth-order valence-electron chi connectivity index (χ4n) is 2.04. The van der Waals surface area contributed by atoms with Crippen molar-refractivity contribution < 1.29 is 13.9 Å². The largest absolute Gasteiger partial charge is 0.496 e. The Morgan fingerprint density at radius 3 is 2.60 bits per heavy atom. The van der Waals surface area contributed by atoms with Crippen LogP contribution < -0.4 is 4.74 Å². The van der Waals surface area contributed by atoms with Crippen LogP contribution in [0.4, 0.5) is 4.39 Å². The van der Waals surface area contributed by atoms with Crippen molar-refractivity contribution in [2.45, 2.75) is 25.2 Å². The van der Waals surface area contributed by atoms with Gasteiger partial charge in [0.1, 0.15) is 17.3 Å². The average molecular weight is 208 g/mol. The van der Waals surface area contributed by atoms with Gasteiger partial charge in [0, 0.05) is 5.56 Å².